The number of benzene rings is 2. The van der Waals surface area contributed by atoms with Crippen LogP contribution in [0.2, 0.25) is 10.0 Å². The molecule has 1 amide bonds. The molecule has 4 rings (SSSR count). The van der Waals surface area contributed by atoms with Gasteiger partial charge in [0.25, 0.3) is 5.91 Å². The number of anilines is 1. The van der Waals surface area contributed by atoms with Crippen molar-refractivity contribution in [3.8, 4) is 0 Å². The molecule has 2 heterocycles. The molecule has 8 heteroatoms. The van der Waals surface area contributed by atoms with Gasteiger partial charge < -0.3 is 15.0 Å². The second kappa shape index (κ2) is 8.94. The predicted octanol–water partition coefficient (Wildman–Crippen LogP) is 5.00. The van der Waals surface area contributed by atoms with E-state index in [2.05, 4.69) is 4.98 Å². The van der Waals surface area contributed by atoms with Crippen LogP contribution < -0.4 is 4.90 Å². The summed E-state index contributed by atoms with van der Waals surface area (Å²) in [4.78, 5) is 29.4. The molecule has 29 heavy (non-hydrogen) atoms. The molecule has 1 aliphatic heterocycles. The molecule has 0 spiro atoms. The predicted molar refractivity (Wildman–Crippen MR) is 117 cm³/mol. The van der Waals surface area contributed by atoms with Gasteiger partial charge in [-0.1, -0.05) is 41.4 Å². The minimum atomic E-state index is -1.13. The second-order valence-electron chi connectivity index (χ2n) is 6.59. The van der Waals surface area contributed by atoms with Crippen molar-refractivity contribution in [1.82, 2.24) is 4.98 Å². The minimum Gasteiger partial charge on any atom is -0.477 e. The number of hydrogen-bond acceptors (Lipinski definition) is 2. The Balaban J connectivity index is 0.00000240. The number of aromatic nitrogens is 1. The molecular weight excluding hydrogens is 422 g/mol. The van der Waals surface area contributed by atoms with Crippen LogP contribution in [0, 0.1) is 0 Å². The zero-order valence-corrected chi connectivity index (χ0v) is 19.2. The van der Waals surface area contributed by atoms with Crippen molar-refractivity contribution in [2.75, 3.05) is 11.4 Å². The zero-order chi connectivity index (χ0) is 19.8. The van der Waals surface area contributed by atoms with E-state index in [1.54, 1.807) is 23.1 Å². The Kier molecular flexibility index (Phi) is 6.76. The Hall–Kier alpha value is -1.76. The number of para-hydroxylation sites is 1. The largest absolute Gasteiger partial charge is 0.477 e. The maximum Gasteiger partial charge on any atom is 0.352 e. The molecule has 143 valence electrons. The molecule has 2 N–H and O–H groups in total. The number of fused-ring (bicyclic) bond motifs is 1. The molecule has 1 radical (unpaired) electrons. The fourth-order valence-corrected chi connectivity index (χ4v) is 4.15. The van der Waals surface area contributed by atoms with E-state index in [1.807, 2.05) is 30.3 Å². The van der Waals surface area contributed by atoms with E-state index < -0.39 is 5.97 Å². The summed E-state index contributed by atoms with van der Waals surface area (Å²) < 4.78 is 0. The van der Waals surface area contributed by atoms with Gasteiger partial charge in [0.2, 0.25) is 0 Å². The van der Waals surface area contributed by atoms with Gasteiger partial charge in [-0.3, -0.25) is 4.79 Å². The molecule has 0 aliphatic carbocycles. The van der Waals surface area contributed by atoms with Crippen molar-refractivity contribution >= 4 is 87.3 Å². The van der Waals surface area contributed by atoms with Crippen molar-refractivity contribution in [2.24, 2.45) is 0 Å². The van der Waals surface area contributed by atoms with Gasteiger partial charge in [-0.25, -0.2) is 4.79 Å². The standard InChI is InChI=1S/C21H16Cl2N2O3.Na/c22-13-10-16(23)18-15(19(21(27)28)24-17(18)11-13)9-12-5-4-8-25(20(12)26)14-6-2-1-3-7-14;/h1-3,6-7,9-11,24H,4-5,8H2,(H,27,28);. The summed E-state index contributed by atoms with van der Waals surface area (Å²) >= 11 is 12.4. The monoisotopic (exact) mass is 437 g/mol. The number of carboxylic acid groups (broad SMARTS) is 1. The SMILES string of the molecule is O=C(O)c1[nH]c2cc(Cl)cc(Cl)c2c1C=C1CCCN(c2ccccc2)C1=O.[Na]. The number of nitrogens with zero attached hydrogens (tertiary/aromatic N) is 1. The van der Waals surface area contributed by atoms with Crippen molar-refractivity contribution in [3.63, 3.8) is 0 Å². The van der Waals surface area contributed by atoms with Crippen molar-refractivity contribution < 1.29 is 14.7 Å². The average Bonchev–Trinajstić information content (AvgIpc) is 3.03. The number of carbonyl (C=O) groups excluding carboxylic acids is 1. The van der Waals surface area contributed by atoms with E-state index in [4.69, 9.17) is 23.2 Å². The number of aromatic amines is 1. The molecule has 0 bridgehead atoms. The van der Waals surface area contributed by atoms with Crippen molar-refractivity contribution in [3.05, 3.63) is 69.3 Å². The van der Waals surface area contributed by atoms with Crippen LogP contribution in [-0.2, 0) is 4.79 Å². The minimum absolute atomic E-state index is 0. The van der Waals surface area contributed by atoms with E-state index in [-0.39, 0.29) is 41.2 Å². The topological polar surface area (TPSA) is 73.4 Å². The molecule has 1 aromatic heterocycles. The van der Waals surface area contributed by atoms with Gasteiger partial charge in [0.15, 0.2) is 0 Å². The molecule has 0 saturated carbocycles. The summed E-state index contributed by atoms with van der Waals surface area (Å²) in [5.41, 5.74) is 2.26. The summed E-state index contributed by atoms with van der Waals surface area (Å²) in [6, 6.07) is 12.6. The van der Waals surface area contributed by atoms with E-state index in [9.17, 15) is 14.7 Å². The maximum atomic E-state index is 13.1. The number of carboxylic acids is 1. The van der Waals surface area contributed by atoms with Crippen LogP contribution in [0.15, 0.2) is 48.0 Å². The van der Waals surface area contributed by atoms with Crippen LogP contribution >= 0.6 is 23.2 Å². The Morgan fingerprint density at radius 3 is 2.59 bits per heavy atom. The van der Waals surface area contributed by atoms with Gasteiger partial charge in [0.1, 0.15) is 5.69 Å². The third-order valence-electron chi connectivity index (χ3n) is 4.80. The fourth-order valence-electron chi connectivity index (χ4n) is 3.56. The van der Waals surface area contributed by atoms with Crippen molar-refractivity contribution in [1.29, 1.82) is 0 Å². The van der Waals surface area contributed by atoms with E-state index in [1.165, 1.54) is 0 Å². The smallest absolute Gasteiger partial charge is 0.352 e. The normalized spacial score (nSPS) is 15.6. The molecule has 1 fully saturated rings. The Morgan fingerprint density at radius 1 is 1.17 bits per heavy atom. The number of piperidine rings is 1. The first-order chi connectivity index (χ1) is 13.5. The van der Waals surface area contributed by atoms with Crippen LogP contribution in [-0.4, -0.2) is 58.1 Å². The average molecular weight is 438 g/mol. The molecule has 1 aliphatic rings. The Labute approximate surface area is 199 Å². The van der Waals surface area contributed by atoms with Gasteiger partial charge in [-0.15, -0.1) is 0 Å². The van der Waals surface area contributed by atoms with Crippen molar-refractivity contribution in [2.45, 2.75) is 12.8 Å². The molecule has 0 atom stereocenters. The molecule has 3 aromatic rings. The first kappa shape index (κ1) is 21.9. The number of rotatable bonds is 3. The van der Waals surface area contributed by atoms with Gasteiger partial charge in [-0.2, -0.15) is 0 Å². The molecule has 1 saturated heterocycles. The van der Waals surface area contributed by atoms with E-state index in [0.717, 1.165) is 12.1 Å². The van der Waals surface area contributed by atoms with Gasteiger partial charge >= 0.3 is 5.97 Å². The Morgan fingerprint density at radius 2 is 1.90 bits per heavy atom. The van der Waals surface area contributed by atoms with Crippen LogP contribution in [0.25, 0.3) is 17.0 Å². The summed E-state index contributed by atoms with van der Waals surface area (Å²) in [7, 11) is 0. The summed E-state index contributed by atoms with van der Waals surface area (Å²) in [5.74, 6) is -1.26. The first-order valence-electron chi connectivity index (χ1n) is 8.77. The number of hydrogen-bond donors (Lipinski definition) is 2. The zero-order valence-electron chi connectivity index (χ0n) is 15.7. The van der Waals surface area contributed by atoms with Gasteiger partial charge in [-0.05, 0) is 43.2 Å². The second-order valence-corrected chi connectivity index (χ2v) is 7.44. The molecule has 2 aromatic carbocycles. The number of nitrogens with one attached hydrogen (secondary N) is 1. The van der Waals surface area contributed by atoms with Crippen LogP contribution in [0.1, 0.15) is 28.9 Å². The molecular formula is C21H16Cl2N2NaO3. The summed E-state index contributed by atoms with van der Waals surface area (Å²) in [6.07, 6.45) is 3.00. The molecule has 0 unspecified atom stereocenters. The summed E-state index contributed by atoms with van der Waals surface area (Å²) in [6.45, 7) is 0.621. The quantitative estimate of drug-likeness (QED) is 0.447. The number of halogens is 2. The Bertz CT molecular complexity index is 1130. The first-order valence-corrected chi connectivity index (χ1v) is 9.53. The number of carbonyl (C=O) groups is 2. The van der Waals surface area contributed by atoms with Gasteiger partial charge in [0.05, 0.1) is 5.02 Å². The van der Waals surface area contributed by atoms with E-state index in [0.29, 0.717) is 45.1 Å². The van der Waals surface area contributed by atoms with Crippen LogP contribution in [0.5, 0.6) is 0 Å². The van der Waals surface area contributed by atoms with Gasteiger partial charge in [0, 0.05) is 68.9 Å². The molecule has 5 nitrogen and oxygen atoms in total. The van der Waals surface area contributed by atoms with Crippen LogP contribution in [0.4, 0.5) is 5.69 Å². The third kappa shape index (κ3) is 4.25. The number of aromatic carboxylic acids is 1. The number of amides is 1. The van der Waals surface area contributed by atoms with E-state index >= 15 is 0 Å². The summed E-state index contributed by atoms with van der Waals surface area (Å²) in [5, 5.41) is 10.9. The maximum absolute atomic E-state index is 13.1. The number of H-pyrrole nitrogens is 1. The third-order valence-corrected chi connectivity index (χ3v) is 5.32. The fraction of sp³-hybridized carbons (Fsp3) is 0.143. The van der Waals surface area contributed by atoms with Crippen LogP contribution in [0.3, 0.4) is 0 Å².